The lowest BCUT2D eigenvalue weighted by Crippen LogP contribution is -2.20. The van der Waals surface area contributed by atoms with E-state index in [1.807, 2.05) is 18.2 Å². The molecule has 20 heavy (non-hydrogen) atoms. The fourth-order valence-electron chi connectivity index (χ4n) is 2.31. The van der Waals surface area contributed by atoms with Gasteiger partial charge in [-0.05, 0) is 35.7 Å². The van der Waals surface area contributed by atoms with Gasteiger partial charge in [0.15, 0.2) is 0 Å². The number of benzene rings is 2. The van der Waals surface area contributed by atoms with Crippen molar-refractivity contribution in [3.8, 4) is 0 Å². The Kier molecular flexibility index (Phi) is 5.90. The van der Waals surface area contributed by atoms with E-state index in [1.165, 1.54) is 5.56 Å². The smallest absolute Gasteiger partial charge is 0.0424 e. The maximum absolute atomic E-state index is 6.03. The lowest BCUT2D eigenvalue weighted by Gasteiger charge is -2.19. The predicted octanol–water partition coefficient (Wildman–Crippen LogP) is 5.62. The van der Waals surface area contributed by atoms with Crippen molar-refractivity contribution in [2.45, 2.75) is 32.4 Å². The highest BCUT2D eigenvalue weighted by molar-refractivity contribution is 6.34. The van der Waals surface area contributed by atoms with E-state index >= 15 is 0 Å². The van der Waals surface area contributed by atoms with E-state index in [4.69, 9.17) is 23.2 Å². The molecular weight excluding hydrogens is 289 g/mol. The van der Waals surface area contributed by atoms with Gasteiger partial charge in [0.25, 0.3) is 0 Å². The van der Waals surface area contributed by atoms with Crippen molar-refractivity contribution in [3.05, 3.63) is 69.7 Å². The van der Waals surface area contributed by atoms with E-state index in [2.05, 4.69) is 36.5 Å². The Balaban J connectivity index is 2.05. The second-order valence-electron chi connectivity index (χ2n) is 4.91. The van der Waals surface area contributed by atoms with Crippen LogP contribution in [0.4, 0.5) is 0 Å². The molecule has 2 aromatic carbocycles. The average Bonchev–Trinajstić information content (AvgIpc) is 2.43. The van der Waals surface area contributed by atoms with Crippen LogP contribution in [0.15, 0.2) is 48.5 Å². The molecule has 0 amide bonds. The summed E-state index contributed by atoms with van der Waals surface area (Å²) >= 11 is 12.1. The van der Waals surface area contributed by atoms with Crippen LogP contribution in [0.25, 0.3) is 0 Å². The molecule has 0 aromatic heterocycles. The van der Waals surface area contributed by atoms with E-state index in [-0.39, 0.29) is 0 Å². The lowest BCUT2D eigenvalue weighted by molar-refractivity contribution is 0.493. The van der Waals surface area contributed by atoms with Crippen molar-refractivity contribution in [3.63, 3.8) is 0 Å². The van der Waals surface area contributed by atoms with Crippen molar-refractivity contribution >= 4 is 23.2 Å². The topological polar surface area (TPSA) is 12.0 Å². The molecule has 0 saturated carbocycles. The van der Waals surface area contributed by atoms with Crippen LogP contribution in [-0.2, 0) is 6.54 Å². The molecule has 1 unspecified atom stereocenters. The SMILES string of the molecule is CCCC(NCc1cc(Cl)cc(Cl)c1)c1ccccc1. The van der Waals surface area contributed by atoms with E-state index < -0.39 is 0 Å². The molecule has 106 valence electrons. The molecule has 1 nitrogen and oxygen atoms in total. The first-order valence-electron chi connectivity index (χ1n) is 6.92. The maximum atomic E-state index is 6.03. The average molecular weight is 308 g/mol. The number of rotatable bonds is 6. The first-order valence-corrected chi connectivity index (χ1v) is 7.68. The van der Waals surface area contributed by atoms with E-state index in [0.29, 0.717) is 16.1 Å². The minimum atomic E-state index is 0.360. The Morgan fingerprint density at radius 2 is 1.65 bits per heavy atom. The molecule has 0 spiro atoms. The minimum absolute atomic E-state index is 0.360. The molecule has 0 saturated heterocycles. The van der Waals surface area contributed by atoms with Gasteiger partial charge in [0, 0.05) is 22.6 Å². The second-order valence-corrected chi connectivity index (χ2v) is 5.78. The molecule has 1 N–H and O–H groups in total. The standard InChI is InChI=1S/C17H19Cl2N/c1-2-6-17(14-7-4-3-5-8-14)20-12-13-9-15(18)11-16(19)10-13/h3-5,7-11,17,20H,2,6,12H2,1H3. The quantitative estimate of drug-likeness (QED) is 0.730. The van der Waals surface area contributed by atoms with Crippen molar-refractivity contribution in [1.29, 1.82) is 0 Å². The Morgan fingerprint density at radius 1 is 1.00 bits per heavy atom. The van der Waals surface area contributed by atoms with Crippen LogP contribution >= 0.6 is 23.2 Å². The Morgan fingerprint density at radius 3 is 2.25 bits per heavy atom. The van der Waals surface area contributed by atoms with E-state index in [1.54, 1.807) is 6.07 Å². The summed E-state index contributed by atoms with van der Waals surface area (Å²) in [5.41, 5.74) is 2.43. The highest BCUT2D eigenvalue weighted by Gasteiger charge is 2.09. The highest BCUT2D eigenvalue weighted by Crippen LogP contribution is 2.22. The molecular formula is C17H19Cl2N. The van der Waals surface area contributed by atoms with Crippen molar-refractivity contribution in [2.24, 2.45) is 0 Å². The molecule has 0 bridgehead atoms. The van der Waals surface area contributed by atoms with Crippen LogP contribution in [0.1, 0.15) is 36.9 Å². The third kappa shape index (κ3) is 4.52. The fraction of sp³-hybridized carbons (Fsp3) is 0.294. The molecule has 0 fully saturated rings. The summed E-state index contributed by atoms with van der Waals surface area (Å²) in [5, 5.41) is 4.95. The van der Waals surface area contributed by atoms with Gasteiger partial charge in [-0.1, -0.05) is 66.9 Å². The van der Waals surface area contributed by atoms with Gasteiger partial charge in [0.1, 0.15) is 0 Å². The van der Waals surface area contributed by atoms with Crippen LogP contribution in [0.3, 0.4) is 0 Å². The summed E-state index contributed by atoms with van der Waals surface area (Å²) in [5.74, 6) is 0. The molecule has 1 atom stereocenters. The first kappa shape index (κ1) is 15.4. The normalized spacial score (nSPS) is 12.3. The summed E-state index contributed by atoms with van der Waals surface area (Å²) in [6, 6.07) is 16.6. The number of hydrogen-bond acceptors (Lipinski definition) is 1. The van der Waals surface area contributed by atoms with Crippen LogP contribution in [0.2, 0.25) is 10.0 Å². The molecule has 3 heteroatoms. The Bertz CT molecular complexity index is 520. The summed E-state index contributed by atoms with van der Waals surface area (Å²) < 4.78 is 0. The molecule has 2 aromatic rings. The molecule has 0 heterocycles. The summed E-state index contributed by atoms with van der Waals surface area (Å²) in [6.07, 6.45) is 2.25. The monoisotopic (exact) mass is 307 g/mol. The first-order chi connectivity index (χ1) is 9.69. The summed E-state index contributed by atoms with van der Waals surface area (Å²) in [7, 11) is 0. The number of halogens is 2. The van der Waals surface area contributed by atoms with Gasteiger partial charge in [0.05, 0.1) is 0 Å². The highest BCUT2D eigenvalue weighted by atomic mass is 35.5. The predicted molar refractivity (Wildman–Crippen MR) is 87.4 cm³/mol. The third-order valence-electron chi connectivity index (χ3n) is 3.25. The molecule has 0 aliphatic carbocycles. The van der Waals surface area contributed by atoms with Gasteiger partial charge < -0.3 is 5.32 Å². The number of nitrogens with one attached hydrogen (secondary N) is 1. The van der Waals surface area contributed by atoms with Crippen molar-refractivity contribution in [1.82, 2.24) is 5.32 Å². The third-order valence-corrected chi connectivity index (χ3v) is 3.69. The second kappa shape index (κ2) is 7.68. The molecule has 0 radical (unpaired) electrons. The van der Waals surface area contributed by atoms with Crippen molar-refractivity contribution < 1.29 is 0 Å². The van der Waals surface area contributed by atoms with Gasteiger partial charge in [-0.2, -0.15) is 0 Å². The van der Waals surface area contributed by atoms with Crippen LogP contribution in [-0.4, -0.2) is 0 Å². The van der Waals surface area contributed by atoms with E-state index in [9.17, 15) is 0 Å². The summed E-state index contributed by atoms with van der Waals surface area (Å²) in [6.45, 7) is 2.97. The maximum Gasteiger partial charge on any atom is 0.0424 e. The van der Waals surface area contributed by atoms with Crippen LogP contribution < -0.4 is 5.32 Å². The van der Waals surface area contributed by atoms with Crippen LogP contribution in [0, 0.1) is 0 Å². The van der Waals surface area contributed by atoms with Gasteiger partial charge >= 0.3 is 0 Å². The van der Waals surface area contributed by atoms with Gasteiger partial charge in [-0.25, -0.2) is 0 Å². The number of hydrogen-bond donors (Lipinski definition) is 1. The molecule has 0 aliphatic rings. The van der Waals surface area contributed by atoms with Gasteiger partial charge in [-0.15, -0.1) is 0 Å². The zero-order chi connectivity index (χ0) is 14.4. The Hall–Kier alpha value is -1.02. The minimum Gasteiger partial charge on any atom is -0.306 e. The largest absolute Gasteiger partial charge is 0.306 e. The molecule has 0 aliphatic heterocycles. The molecule has 2 rings (SSSR count). The van der Waals surface area contributed by atoms with Gasteiger partial charge in [0.2, 0.25) is 0 Å². The van der Waals surface area contributed by atoms with Gasteiger partial charge in [-0.3, -0.25) is 0 Å². The van der Waals surface area contributed by atoms with Crippen molar-refractivity contribution in [2.75, 3.05) is 0 Å². The van der Waals surface area contributed by atoms with Crippen LogP contribution in [0.5, 0.6) is 0 Å². The van der Waals surface area contributed by atoms with E-state index in [0.717, 1.165) is 24.9 Å². The Labute approximate surface area is 130 Å². The lowest BCUT2D eigenvalue weighted by atomic mass is 10.0. The summed E-state index contributed by atoms with van der Waals surface area (Å²) in [4.78, 5) is 0. The zero-order valence-electron chi connectivity index (χ0n) is 11.6. The zero-order valence-corrected chi connectivity index (χ0v) is 13.1. The fourth-order valence-corrected chi connectivity index (χ4v) is 2.89.